The molecular formula is C16H18N2O. The molecule has 0 aliphatic rings. The van der Waals surface area contributed by atoms with Crippen molar-refractivity contribution in [3.63, 3.8) is 0 Å². The number of rotatable bonds is 3. The van der Waals surface area contributed by atoms with E-state index in [1.54, 1.807) is 0 Å². The smallest absolute Gasteiger partial charge is 0.243 e. The predicted molar refractivity (Wildman–Crippen MR) is 77.2 cm³/mol. The summed E-state index contributed by atoms with van der Waals surface area (Å²) in [6.07, 6.45) is 0. The summed E-state index contributed by atoms with van der Waals surface area (Å²) in [5, 5.41) is 0. The first-order valence-electron chi connectivity index (χ1n) is 6.22. The SMILES string of the molecule is CC(C)(C(=O)NN)c1ccc(-c2ccccc2)cc1. The minimum atomic E-state index is -0.635. The summed E-state index contributed by atoms with van der Waals surface area (Å²) in [6, 6.07) is 18.1. The van der Waals surface area contributed by atoms with E-state index in [2.05, 4.69) is 17.6 Å². The molecule has 0 unspecified atom stereocenters. The van der Waals surface area contributed by atoms with E-state index >= 15 is 0 Å². The van der Waals surface area contributed by atoms with Gasteiger partial charge < -0.3 is 0 Å². The molecule has 0 saturated carbocycles. The maximum absolute atomic E-state index is 11.8. The van der Waals surface area contributed by atoms with Crippen LogP contribution in [0, 0.1) is 0 Å². The van der Waals surface area contributed by atoms with Crippen LogP contribution in [0.25, 0.3) is 11.1 Å². The Morgan fingerprint density at radius 3 is 2.00 bits per heavy atom. The van der Waals surface area contributed by atoms with Gasteiger partial charge in [0, 0.05) is 0 Å². The van der Waals surface area contributed by atoms with Crippen LogP contribution in [0.2, 0.25) is 0 Å². The molecule has 98 valence electrons. The van der Waals surface area contributed by atoms with E-state index in [4.69, 9.17) is 5.84 Å². The Morgan fingerprint density at radius 1 is 0.947 bits per heavy atom. The normalized spacial score (nSPS) is 11.1. The van der Waals surface area contributed by atoms with Gasteiger partial charge in [0.2, 0.25) is 5.91 Å². The first-order chi connectivity index (χ1) is 9.05. The first-order valence-corrected chi connectivity index (χ1v) is 6.22. The highest BCUT2D eigenvalue weighted by Gasteiger charge is 2.28. The lowest BCUT2D eigenvalue weighted by atomic mass is 9.83. The number of nitrogens with one attached hydrogen (secondary N) is 1. The lowest BCUT2D eigenvalue weighted by Crippen LogP contribution is -2.43. The van der Waals surface area contributed by atoms with Crippen molar-refractivity contribution in [1.82, 2.24) is 5.43 Å². The van der Waals surface area contributed by atoms with Crippen molar-refractivity contribution >= 4 is 5.91 Å². The number of benzene rings is 2. The van der Waals surface area contributed by atoms with Gasteiger partial charge in [-0.1, -0.05) is 54.6 Å². The number of carbonyl (C=O) groups excluding carboxylic acids is 1. The summed E-state index contributed by atoms with van der Waals surface area (Å²) in [7, 11) is 0. The van der Waals surface area contributed by atoms with Crippen LogP contribution in [0.15, 0.2) is 54.6 Å². The van der Waals surface area contributed by atoms with Gasteiger partial charge in [0.25, 0.3) is 0 Å². The first kappa shape index (κ1) is 13.3. The van der Waals surface area contributed by atoms with Gasteiger partial charge in [-0.2, -0.15) is 0 Å². The molecule has 0 atom stereocenters. The number of nitrogens with two attached hydrogens (primary N) is 1. The average molecular weight is 254 g/mol. The van der Waals surface area contributed by atoms with Gasteiger partial charge >= 0.3 is 0 Å². The lowest BCUT2D eigenvalue weighted by molar-refractivity contribution is -0.125. The second-order valence-corrected chi connectivity index (χ2v) is 5.04. The number of hydrazine groups is 1. The van der Waals surface area contributed by atoms with E-state index in [1.165, 1.54) is 0 Å². The number of carbonyl (C=O) groups is 1. The van der Waals surface area contributed by atoms with E-state index in [-0.39, 0.29) is 5.91 Å². The Balaban J connectivity index is 2.31. The Labute approximate surface area is 113 Å². The topological polar surface area (TPSA) is 55.1 Å². The highest BCUT2D eigenvalue weighted by Crippen LogP contribution is 2.26. The molecule has 0 aromatic heterocycles. The monoisotopic (exact) mass is 254 g/mol. The minimum Gasteiger partial charge on any atom is -0.294 e. The molecule has 2 rings (SSSR count). The third-order valence-corrected chi connectivity index (χ3v) is 3.41. The summed E-state index contributed by atoms with van der Waals surface area (Å²) < 4.78 is 0. The van der Waals surface area contributed by atoms with Crippen molar-refractivity contribution in [1.29, 1.82) is 0 Å². The number of hydrogen-bond donors (Lipinski definition) is 2. The zero-order valence-electron chi connectivity index (χ0n) is 11.2. The number of hydrogen-bond acceptors (Lipinski definition) is 2. The molecule has 0 fully saturated rings. The van der Waals surface area contributed by atoms with Crippen LogP contribution in [-0.2, 0) is 10.2 Å². The fraction of sp³-hybridized carbons (Fsp3) is 0.188. The second kappa shape index (κ2) is 5.24. The van der Waals surface area contributed by atoms with Gasteiger partial charge in [0.15, 0.2) is 0 Å². The van der Waals surface area contributed by atoms with Gasteiger partial charge in [-0.3, -0.25) is 10.2 Å². The summed E-state index contributed by atoms with van der Waals surface area (Å²) in [5.41, 5.74) is 4.81. The molecule has 2 aromatic rings. The standard InChI is InChI=1S/C16H18N2O/c1-16(2,15(19)18-17)14-10-8-13(9-11-14)12-6-4-3-5-7-12/h3-11H,17H2,1-2H3,(H,18,19). The van der Waals surface area contributed by atoms with Crippen molar-refractivity contribution < 1.29 is 4.79 Å². The van der Waals surface area contributed by atoms with Crippen molar-refractivity contribution in [2.45, 2.75) is 19.3 Å². The largest absolute Gasteiger partial charge is 0.294 e. The van der Waals surface area contributed by atoms with Gasteiger partial charge in [-0.25, -0.2) is 5.84 Å². The molecule has 0 aliphatic heterocycles. The molecule has 0 spiro atoms. The molecule has 19 heavy (non-hydrogen) atoms. The van der Waals surface area contributed by atoms with Crippen LogP contribution in [-0.4, -0.2) is 5.91 Å². The zero-order valence-corrected chi connectivity index (χ0v) is 11.2. The summed E-state index contributed by atoms with van der Waals surface area (Å²) in [6.45, 7) is 3.71. The third-order valence-electron chi connectivity index (χ3n) is 3.41. The minimum absolute atomic E-state index is 0.194. The van der Waals surface area contributed by atoms with E-state index in [0.29, 0.717) is 0 Å². The molecule has 3 heteroatoms. The third kappa shape index (κ3) is 2.66. The van der Waals surface area contributed by atoms with Gasteiger partial charge in [0.1, 0.15) is 0 Å². The Hall–Kier alpha value is -2.13. The summed E-state index contributed by atoms with van der Waals surface area (Å²) in [4.78, 5) is 11.8. The summed E-state index contributed by atoms with van der Waals surface area (Å²) in [5.74, 6) is 5.02. The van der Waals surface area contributed by atoms with Gasteiger partial charge in [0.05, 0.1) is 5.41 Å². The van der Waals surface area contributed by atoms with E-state index in [0.717, 1.165) is 16.7 Å². The van der Waals surface area contributed by atoms with Crippen molar-refractivity contribution in [2.75, 3.05) is 0 Å². The van der Waals surface area contributed by atoms with Crippen molar-refractivity contribution in [3.8, 4) is 11.1 Å². The van der Waals surface area contributed by atoms with E-state index in [1.807, 2.05) is 56.3 Å². The van der Waals surface area contributed by atoms with Crippen molar-refractivity contribution in [3.05, 3.63) is 60.2 Å². The Kier molecular flexibility index (Phi) is 3.67. The van der Waals surface area contributed by atoms with Crippen LogP contribution >= 0.6 is 0 Å². The van der Waals surface area contributed by atoms with E-state index in [9.17, 15) is 4.79 Å². The second-order valence-electron chi connectivity index (χ2n) is 5.04. The van der Waals surface area contributed by atoms with Crippen LogP contribution in [0.4, 0.5) is 0 Å². The molecule has 0 radical (unpaired) electrons. The molecule has 2 aromatic carbocycles. The molecular weight excluding hydrogens is 236 g/mol. The van der Waals surface area contributed by atoms with Crippen molar-refractivity contribution in [2.24, 2.45) is 5.84 Å². The van der Waals surface area contributed by atoms with Crippen LogP contribution in [0.1, 0.15) is 19.4 Å². The van der Waals surface area contributed by atoms with E-state index < -0.39 is 5.41 Å². The molecule has 0 saturated heterocycles. The zero-order chi connectivity index (χ0) is 13.9. The highest BCUT2D eigenvalue weighted by atomic mass is 16.2. The maximum Gasteiger partial charge on any atom is 0.243 e. The average Bonchev–Trinajstić information content (AvgIpc) is 2.47. The molecule has 3 nitrogen and oxygen atoms in total. The Bertz CT molecular complexity index is 559. The highest BCUT2D eigenvalue weighted by molar-refractivity contribution is 5.87. The lowest BCUT2D eigenvalue weighted by Gasteiger charge is -2.23. The molecule has 0 heterocycles. The van der Waals surface area contributed by atoms with Crippen LogP contribution in [0.5, 0.6) is 0 Å². The Morgan fingerprint density at radius 2 is 1.47 bits per heavy atom. The number of amides is 1. The van der Waals surface area contributed by atoms with Crippen LogP contribution < -0.4 is 11.3 Å². The predicted octanol–water partition coefficient (Wildman–Crippen LogP) is 2.62. The maximum atomic E-state index is 11.8. The molecule has 3 N–H and O–H groups in total. The quantitative estimate of drug-likeness (QED) is 0.502. The summed E-state index contributed by atoms with van der Waals surface area (Å²) >= 11 is 0. The fourth-order valence-electron chi connectivity index (χ4n) is 2.02. The van der Waals surface area contributed by atoms with Crippen LogP contribution in [0.3, 0.4) is 0 Å². The molecule has 1 amide bonds. The fourth-order valence-corrected chi connectivity index (χ4v) is 2.02. The van der Waals surface area contributed by atoms with Gasteiger partial charge in [-0.15, -0.1) is 0 Å². The molecule has 0 bridgehead atoms. The van der Waals surface area contributed by atoms with Gasteiger partial charge in [-0.05, 0) is 30.5 Å². The molecule has 0 aliphatic carbocycles.